The summed E-state index contributed by atoms with van der Waals surface area (Å²) in [5.41, 5.74) is 1.40. The standard InChI is InChI=1S/C16H24N2O/c1-2-6-14(7-3-1)16-13-18(10-9-17-16)12-15-8-4-5-11-19-15/h1-3,6-7,15-17H,4-5,8-13H2. The topological polar surface area (TPSA) is 24.5 Å². The van der Waals surface area contributed by atoms with Crippen LogP contribution in [0, 0.1) is 0 Å². The first kappa shape index (κ1) is 13.1. The number of hydrogen-bond acceptors (Lipinski definition) is 3. The van der Waals surface area contributed by atoms with Crippen LogP contribution in [0.15, 0.2) is 30.3 Å². The first-order chi connectivity index (χ1) is 9.42. The summed E-state index contributed by atoms with van der Waals surface area (Å²) in [6.07, 6.45) is 4.27. The van der Waals surface area contributed by atoms with E-state index in [-0.39, 0.29) is 0 Å². The van der Waals surface area contributed by atoms with Crippen LogP contribution in [-0.4, -0.2) is 43.8 Å². The summed E-state index contributed by atoms with van der Waals surface area (Å²) in [5.74, 6) is 0. The van der Waals surface area contributed by atoms with Crippen LogP contribution in [0.1, 0.15) is 30.9 Å². The molecule has 2 fully saturated rings. The number of hydrogen-bond donors (Lipinski definition) is 1. The van der Waals surface area contributed by atoms with Crippen molar-refractivity contribution in [2.45, 2.75) is 31.4 Å². The Bertz CT molecular complexity index is 376. The van der Waals surface area contributed by atoms with Gasteiger partial charge in [0.05, 0.1) is 6.10 Å². The first-order valence-electron chi connectivity index (χ1n) is 7.54. The fraction of sp³-hybridized carbons (Fsp3) is 0.625. The number of rotatable bonds is 3. The highest BCUT2D eigenvalue weighted by molar-refractivity contribution is 5.19. The molecule has 3 heteroatoms. The molecule has 1 aromatic carbocycles. The summed E-state index contributed by atoms with van der Waals surface area (Å²) < 4.78 is 5.86. The monoisotopic (exact) mass is 260 g/mol. The molecule has 0 saturated carbocycles. The van der Waals surface area contributed by atoms with Gasteiger partial charge in [0.2, 0.25) is 0 Å². The molecule has 19 heavy (non-hydrogen) atoms. The molecule has 3 nitrogen and oxygen atoms in total. The maximum atomic E-state index is 5.86. The molecule has 0 amide bonds. The van der Waals surface area contributed by atoms with Crippen LogP contribution in [0.5, 0.6) is 0 Å². The maximum absolute atomic E-state index is 5.86. The number of ether oxygens (including phenoxy) is 1. The van der Waals surface area contributed by atoms with E-state index in [1.165, 1.54) is 24.8 Å². The summed E-state index contributed by atoms with van der Waals surface area (Å²) in [6, 6.07) is 11.2. The van der Waals surface area contributed by atoms with Gasteiger partial charge in [-0.1, -0.05) is 30.3 Å². The Morgan fingerprint density at radius 1 is 1.21 bits per heavy atom. The van der Waals surface area contributed by atoms with Crippen molar-refractivity contribution in [2.24, 2.45) is 0 Å². The summed E-state index contributed by atoms with van der Waals surface area (Å²) in [7, 11) is 0. The number of piperazine rings is 1. The SMILES string of the molecule is c1ccc(C2CN(CC3CCCCO3)CCN2)cc1. The number of nitrogens with zero attached hydrogens (tertiary/aromatic N) is 1. The summed E-state index contributed by atoms with van der Waals surface area (Å²) in [4.78, 5) is 2.56. The normalized spacial score (nSPS) is 29.3. The van der Waals surface area contributed by atoms with Gasteiger partial charge in [0.25, 0.3) is 0 Å². The predicted molar refractivity (Wildman–Crippen MR) is 77.2 cm³/mol. The molecular formula is C16H24N2O. The molecule has 2 aliphatic rings. The Balaban J connectivity index is 1.55. The zero-order valence-electron chi connectivity index (χ0n) is 11.6. The summed E-state index contributed by atoms with van der Waals surface area (Å²) in [5, 5.41) is 3.62. The molecule has 0 bridgehead atoms. The number of nitrogens with one attached hydrogen (secondary N) is 1. The molecule has 2 heterocycles. The van der Waals surface area contributed by atoms with Gasteiger partial charge in [0.15, 0.2) is 0 Å². The van der Waals surface area contributed by atoms with Gasteiger partial charge in [-0.15, -0.1) is 0 Å². The van der Waals surface area contributed by atoms with Crippen molar-refractivity contribution in [1.29, 1.82) is 0 Å². The lowest BCUT2D eigenvalue weighted by Gasteiger charge is -2.36. The van der Waals surface area contributed by atoms with Crippen molar-refractivity contribution in [1.82, 2.24) is 10.2 Å². The van der Waals surface area contributed by atoms with E-state index in [1.807, 2.05) is 0 Å². The molecule has 2 atom stereocenters. The molecule has 0 spiro atoms. The second-order valence-electron chi connectivity index (χ2n) is 5.67. The molecular weight excluding hydrogens is 236 g/mol. The second kappa shape index (κ2) is 6.51. The van der Waals surface area contributed by atoms with Crippen molar-refractivity contribution in [2.75, 3.05) is 32.8 Å². The van der Waals surface area contributed by atoms with Crippen molar-refractivity contribution < 1.29 is 4.74 Å². The van der Waals surface area contributed by atoms with E-state index < -0.39 is 0 Å². The Morgan fingerprint density at radius 2 is 2.11 bits per heavy atom. The lowest BCUT2D eigenvalue weighted by atomic mass is 10.0. The molecule has 2 unspecified atom stereocenters. The average Bonchev–Trinajstić information content (AvgIpc) is 2.49. The largest absolute Gasteiger partial charge is 0.377 e. The van der Waals surface area contributed by atoms with Crippen LogP contribution < -0.4 is 5.32 Å². The van der Waals surface area contributed by atoms with Crippen molar-refractivity contribution in [3.8, 4) is 0 Å². The predicted octanol–water partition coefficient (Wildman–Crippen LogP) is 2.20. The molecule has 1 N–H and O–H groups in total. The Morgan fingerprint density at radius 3 is 2.89 bits per heavy atom. The zero-order chi connectivity index (χ0) is 12.9. The van der Waals surface area contributed by atoms with Gasteiger partial charge in [0.1, 0.15) is 0 Å². The van der Waals surface area contributed by atoms with E-state index in [2.05, 4.69) is 40.5 Å². The first-order valence-corrected chi connectivity index (χ1v) is 7.54. The highest BCUT2D eigenvalue weighted by Crippen LogP contribution is 2.19. The van der Waals surface area contributed by atoms with Crippen LogP contribution in [0.3, 0.4) is 0 Å². The van der Waals surface area contributed by atoms with Crippen LogP contribution in [0.2, 0.25) is 0 Å². The lowest BCUT2D eigenvalue weighted by Crippen LogP contribution is -2.48. The van der Waals surface area contributed by atoms with Crippen molar-refractivity contribution in [3.63, 3.8) is 0 Å². The van der Waals surface area contributed by atoms with Gasteiger partial charge in [-0.2, -0.15) is 0 Å². The van der Waals surface area contributed by atoms with Crippen LogP contribution >= 0.6 is 0 Å². The summed E-state index contributed by atoms with van der Waals surface area (Å²) >= 11 is 0. The number of benzene rings is 1. The van der Waals surface area contributed by atoms with Crippen molar-refractivity contribution >= 4 is 0 Å². The molecule has 0 aliphatic carbocycles. The van der Waals surface area contributed by atoms with E-state index in [0.29, 0.717) is 12.1 Å². The molecule has 0 aromatic heterocycles. The second-order valence-corrected chi connectivity index (χ2v) is 5.67. The van der Waals surface area contributed by atoms with Gasteiger partial charge in [-0.05, 0) is 24.8 Å². The van der Waals surface area contributed by atoms with Crippen LogP contribution in [-0.2, 0) is 4.74 Å². The fourth-order valence-electron chi connectivity index (χ4n) is 3.12. The average molecular weight is 260 g/mol. The van der Waals surface area contributed by atoms with E-state index in [1.54, 1.807) is 0 Å². The third-order valence-corrected chi connectivity index (χ3v) is 4.20. The lowest BCUT2D eigenvalue weighted by molar-refractivity contribution is -0.0102. The molecule has 3 rings (SSSR count). The Labute approximate surface area is 115 Å². The van der Waals surface area contributed by atoms with Crippen LogP contribution in [0.4, 0.5) is 0 Å². The van der Waals surface area contributed by atoms with E-state index in [0.717, 1.165) is 32.8 Å². The van der Waals surface area contributed by atoms with Gasteiger partial charge in [-0.25, -0.2) is 0 Å². The Kier molecular flexibility index (Phi) is 4.49. The third kappa shape index (κ3) is 3.56. The Hall–Kier alpha value is -0.900. The summed E-state index contributed by atoms with van der Waals surface area (Å²) in [6.45, 7) is 5.38. The molecule has 2 aliphatic heterocycles. The van der Waals surface area contributed by atoms with Gasteiger partial charge in [0, 0.05) is 38.8 Å². The van der Waals surface area contributed by atoms with E-state index >= 15 is 0 Å². The van der Waals surface area contributed by atoms with Crippen LogP contribution in [0.25, 0.3) is 0 Å². The van der Waals surface area contributed by atoms with Gasteiger partial charge in [-0.3, -0.25) is 4.90 Å². The smallest absolute Gasteiger partial charge is 0.0702 e. The van der Waals surface area contributed by atoms with E-state index in [4.69, 9.17) is 4.74 Å². The maximum Gasteiger partial charge on any atom is 0.0702 e. The minimum Gasteiger partial charge on any atom is -0.377 e. The van der Waals surface area contributed by atoms with Crippen molar-refractivity contribution in [3.05, 3.63) is 35.9 Å². The van der Waals surface area contributed by atoms with E-state index in [9.17, 15) is 0 Å². The minimum absolute atomic E-state index is 0.461. The highest BCUT2D eigenvalue weighted by Gasteiger charge is 2.24. The quantitative estimate of drug-likeness (QED) is 0.901. The molecule has 0 radical (unpaired) electrons. The molecule has 1 aromatic rings. The zero-order valence-corrected chi connectivity index (χ0v) is 11.6. The molecule has 104 valence electrons. The fourth-order valence-corrected chi connectivity index (χ4v) is 3.12. The third-order valence-electron chi connectivity index (χ3n) is 4.20. The van der Waals surface area contributed by atoms with Gasteiger partial charge >= 0.3 is 0 Å². The highest BCUT2D eigenvalue weighted by atomic mass is 16.5. The van der Waals surface area contributed by atoms with Gasteiger partial charge < -0.3 is 10.1 Å². The molecule has 2 saturated heterocycles. The minimum atomic E-state index is 0.461.